The van der Waals surface area contributed by atoms with Gasteiger partial charge in [-0.3, -0.25) is 29.4 Å². The third kappa shape index (κ3) is 7.24. The number of Topliss-reactive ketones (excluding diaryl/α,β-unsaturated/α-hetero) is 1. The third-order valence-electron chi connectivity index (χ3n) is 5.71. The molecule has 0 saturated heterocycles. The first-order chi connectivity index (χ1) is 17.1. The van der Waals surface area contributed by atoms with E-state index < -0.39 is 29.6 Å². The van der Waals surface area contributed by atoms with Crippen molar-refractivity contribution in [2.45, 2.75) is 64.6 Å². The smallest absolute Gasteiger partial charge is 0.326 e. The van der Waals surface area contributed by atoms with Crippen LogP contribution in [0.1, 0.15) is 56.5 Å². The molecule has 3 rings (SSSR count). The Morgan fingerprint density at radius 2 is 1.72 bits per heavy atom. The lowest BCUT2D eigenvalue weighted by atomic mass is 10.0. The van der Waals surface area contributed by atoms with E-state index in [1.165, 1.54) is 4.90 Å². The van der Waals surface area contributed by atoms with Gasteiger partial charge in [0.1, 0.15) is 18.2 Å². The monoisotopic (exact) mass is 494 g/mol. The van der Waals surface area contributed by atoms with Crippen molar-refractivity contribution in [1.82, 2.24) is 5.32 Å². The summed E-state index contributed by atoms with van der Waals surface area (Å²) in [4.78, 5) is 53.4. The van der Waals surface area contributed by atoms with Gasteiger partial charge >= 0.3 is 11.9 Å². The second-order valence-corrected chi connectivity index (χ2v) is 9.70. The minimum Gasteiger partial charge on any atom is -0.465 e. The number of rotatable bonds is 9. The second kappa shape index (κ2) is 11.9. The number of nitrogens with zero attached hydrogens (tertiary/aromatic N) is 1. The van der Waals surface area contributed by atoms with E-state index in [2.05, 4.69) is 5.32 Å². The molecule has 2 aromatic rings. The lowest BCUT2D eigenvalue weighted by Gasteiger charge is -2.29. The molecule has 0 bridgehead atoms. The Labute approximate surface area is 212 Å². The number of anilines is 1. The van der Waals surface area contributed by atoms with E-state index in [1.54, 1.807) is 64.1 Å². The molecule has 1 unspecified atom stereocenters. The Kier molecular flexibility index (Phi) is 8.98. The van der Waals surface area contributed by atoms with Gasteiger partial charge in [-0.1, -0.05) is 48.5 Å². The molecular formula is C28H34N2O6. The maximum absolute atomic E-state index is 13.7. The van der Waals surface area contributed by atoms with Crippen molar-refractivity contribution in [2.24, 2.45) is 0 Å². The van der Waals surface area contributed by atoms with E-state index in [0.717, 1.165) is 5.56 Å². The number of carbonyl (C=O) groups is 4. The molecule has 8 nitrogen and oxygen atoms in total. The summed E-state index contributed by atoms with van der Waals surface area (Å²) >= 11 is 0. The summed E-state index contributed by atoms with van der Waals surface area (Å²) in [6.45, 7) is 6.86. The lowest BCUT2D eigenvalue weighted by molar-refractivity contribution is -0.154. The highest BCUT2D eigenvalue weighted by Crippen LogP contribution is 2.28. The number of carbonyl (C=O) groups excluding carboxylic acids is 4. The lowest BCUT2D eigenvalue weighted by Crippen LogP contribution is -2.53. The summed E-state index contributed by atoms with van der Waals surface area (Å²) in [7, 11) is 0. The highest BCUT2D eigenvalue weighted by Gasteiger charge is 2.36. The molecule has 1 aliphatic rings. The van der Waals surface area contributed by atoms with Crippen LogP contribution in [0.4, 0.5) is 5.69 Å². The number of ketones is 1. The molecule has 2 aromatic carbocycles. The summed E-state index contributed by atoms with van der Waals surface area (Å²) in [5.41, 5.74) is 1.31. The SMILES string of the molecule is CCOC(=O)C(CC(=O)c1ccccc1)N[C@H]1CCc2ccccc2N(CC(=O)OC(C)(C)C)C1=O. The molecule has 192 valence electrons. The van der Waals surface area contributed by atoms with E-state index in [1.807, 2.05) is 18.2 Å². The minimum atomic E-state index is -1.02. The molecule has 0 saturated carbocycles. The first-order valence-corrected chi connectivity index (χ1v) is 12.2. The van der Waals surface area contributed by atoms with Crippen molar-refractivity contribution < 1.29 is 28.7 Å². The maximum Gasteiger partial charge on any atom is 0.326 e. The highest BCUT2D eigenvalue weighted by atomic mass is 16.6. The standard InChI is InChI=1S/C28H34N2O6/c1-5-35-27(34)22(17-24(31)20-12-7-6-8-13-20)29-21-16-15-19-11-9-10-14-23(19)30(26(21)33)18-25(32)36-28(2,3)4/h6-14,21-22,29H,5,15-18H2,1-4H3/t21-,22?/m0/s1. The van der Waals surface area contributed by atoms with Crippen molar-refractivity contribution in [1.29, 1.82) is 0 Å². The number of fused-ring (bicyclic) bond motifs is 1. The first kappa shape index (κ1) is 27.1. The van der Waals surface area contributed by atoms with Crippen molar-refractivity contribution in [3.05, 3.63) is 65.7 Å². The van der Waals surface area contributed by atoms with Gasteiger partial charge in [-0.2, -0.15) is 0 Å². The number of benzene rings is 2. The molecule has 0 aromatic heterocycles. The Balaban J connectivity index is 1.85. The van der Waals surface area contributed by atoms with Gasteiger partial charge in [-0.05, 0) is 52.2 Å². The van der Waals surface area contributed by atoms with E-state index in [-0.39, 0.29) is 31.3 Å². The van der Waals surface area contributed by atoms with Crippen molar-refractivity contribution in [3.8, 4) is 0 Å². The Hall–Kier alpha value is -3.52. The number of ether oxygens (including phenoxy) is 2. The molecule has 0 fully saturated rings. The number of hydrogen-bond donors (Lipinski definition) is 1. The zero-order valence-corrected chi connectivity index (χ0v) is 21.3. The normalized spacial score (nSPS) is 16.5. The number of amides is 1. The highest BCUT2D eigenvalue weighted by molar-refractivity contribution is 6.03. The second-order valence-electron chi connectivity index (χ2n) is 9.70. The topological polar surface area (TPSA) is 102 Å². The zero-order valence-electron chi connectivity index (χ0n) is 21.3. The molecule has 1 N–H and O–H groups in total. The molecule has 36 heavy (non-hydrogen) atoms. The molecule has 0 aliphatic carbocycles. The van der Waals surface area contributed by atoms with Gasteiger partial charge in [0.15, 0.2) is 5.78 Å². The summed E-state index contributed by atoms with van der Waals surface area (Å²) in [6, 6.07) is 14.2. The van der Waals surface area contributed by atoms with Crippen LogP contribution in [0.15, 0.2) is 54.6 Å². The average molecular weight is 495 g/mol. The summed E-state index contributed by atoms with van der Waals surface area (Å²) in [5, 5.41) is 3.08. The number of nitrogens with one attached hydrogen (secondary N) is 1. The van der Waals surface area contributed by atoms with Gasteiger partial charge in [0.2, 0.25) is 5.91 Å². The van der Waals surface area contributed by atoms with Crippen LogP contribution < -0.4 is 10.2 Å². The Bertz CT molecular complexity index is 1090. The Morgan fingerprint density at radius 1 is 1.06 bits per heavy atom. The summed E-state index contributed by atoms with van der Waals surface area (Å²) in [5.74, 6) is -1.74. The van der Waals surface area contributed by atoms with Crippen LogP contribution in [0.5, 0.6) is 0 Å². The van der Waals surface area contributed by atoms with Crippen LogP contribution in [0.25, 0.3) is 0 Å². The molecular weight excluding hydrogens is 460 g/mol. The van der Waals surface area contributed by atoms with Crippen molar-refractivity contribution in [3.63, 3.8) is 0 Å². The molecule has 0 radical (unpaired) electrons. The molecule has 8 heteroatoms. The predicted molar refractivity (Wildman–Crippen MR) is 136 cm³/mol. The van der Waals surface area contributed by atoms with Gasteiger partial charge in [0.05, 0.1) is 12.6 Å². The van der Waals surface area contributed by atoms with Crippen LogP contribution in [0.2, 0.25) is 0 Å². The maximum atomic E-state index is 13.7. The first-order valence-electron chi connectivity index (χ1n) is 12.2. The fraction of sp³-hybridized carbons (Fsp3) is 0.429. The largest absolute Gasteiger partial charge is 0.465 e. The summed E-state index contributed by atoms with van der Waals surface area (Å²) in [6.07, 6.45) is 0.772. The fourth-order valence-corrected chi connectivity index (χ4v) is 4.16. The fourth-order valence-electron chi connectivity index (χ4n) is 4.16. The summed E-state index contributed by atoms with van der Waals surface area (Å²) < 4.78 is 10.7. The van der Waals surface area contributed by atoms with Gasteiger partial charge in [-0.15, -0.1) is 0 Å². The zero-order chi connectivity index (χ0) is 26.3. The van der Waals surface area contributed by atoms with Crippen molar-refractivity contribution >= 4 is 29.3 Å². The minimum absolute atomic E-state index is 0.144. The van der Waals surface area contributed by atoms with Crippen LogP contribution >= 0.6 is 0 Å². The Morgan fingerprint density at radius 3 is 2.39 bits per heavy atom. The van der Waals surface area contributed by atoms with Gasteiger partial charge in [0.25, 0.3) is 0 Å². The quantitative estimate of drug-likeness (QED) is 0.421. The third-order valence-corrected chi connectivity index (χ3v) is 5.71. The molecule has 2 atom stereocenters. The molecule has 1 amide bonds. The van der Waals surface area contributed by atoms with Crippen LogP contribution in [0, 0.1) is 0 Å². The van der Waals surface area contributed by atoms with Gasteiger partial charge in [0, 0.05) is 17.7 Å². The molecule has 0 spiro atoms. The van der Waals surface area contributed by atoms with E-state index in [0.29, 0.717) is 24.1 Å². The van der Waals surface area contributed by atoms with Gasteiger partial charge < -0.3 is 9.47 Å². The number of esters is 2. The van der Waals surface area contributed by atoms with Crippen LogP contribution in [-0.4, -0.2) is 54.5 Å². The molecule has 1 aliphatic heterocycles. The van der Waals surface area contributed by atoms with E-state index >= 15 is 0 Å². The van der Waals surface area contributed by atoms with Crippen molar-refractivity contribution in [2.75, 3.05) is 18.1 Å². The number of para-hydroxylation sites is 1. The van der Waals surface area contributed by atoms with Crippen LogP contribution in [-0.2, 0) is 30.3 Å². The number of hydrogen-bond acceptors (Lipinski definition) is 7. The van der Waals surface area contributed by atoms with E-state index in [9.17, 15) is 19.2 Å². The molecule has 1 heterocycles. The predicted octanol–water partition coefficient (Wildman–Crippen LogP) is 3.47. The number of aryl methyl sites for hydroxylation is 1. The van der Waals surface area contributed by atoms with Gasteiger partial charge in [-0.25, -0.2) is 0 Å². The van der Waals surface area contributed by atoms with Crippen LogP contribution in [0.3, 0.4) is 0 Å². The van der Waals surface area contributed by atoms with E-state index in [4.69, 9.17) is 9.47 Å². The average Bonchev–Trinajstić information content (AvgIpc) is 2.95.